The summed E-state index contributed by atoms with van der Waals surface area (Å²) in [6.45, 7) is 0.335. The number of ether oxygens (including phenoxy) is 2. The second kappa shape index (κ2) is 10.5. The lowest BCUT2D eigenvalue weighted by atomic mass is 10.1. The molecular weight excluding hydrogens is 457 g/mol. The average Bonchev–Trinajstić information content (AvgIpc) is 2.77. The molecule has 0 aliphatic rings. The maximum absolute atomic E-state index is 12.2. The Morgan fingerprint density at radius 3 is 2.66 bits per heavy atom. The first kappa shape index (κ1) is 23.6. The maximum Gasteiger partial charge on any atom is 0.288 e. The number of unbranched alkanes of at least 4 members (excludes halogenated alkanes) is 1. The molecule has 0 atom stereocenters. The molecule has 2 heterocycles. The van der Waals surface area contributed by atoms with Crippen LogP contribution >= 0.6 is 23.2 Å². The van der Waals surface area contributed by atoms with Gasteiger partial charge in [0.25, 0.3) is 11.2 Å². The number of benzene rings is 1. The molecule has 0 saturated heterocycles. The summed E-state index contributed by atoms with van der Waals surface area (Å²) in [5.74, 6) is 1.03. The Bertz CT molecular complexity index is 1200. The topological polar surface area (TPSA) is 96.5 Å². The van der Waals surface area contributed by atoms with Crippen LogP contribution in [0.3, 0.4) is 0 Å². The van der Waals surface area contributed by atoms with E-state index in [2.05, 4.69) is 4.98 Å². The molecule has 0 radical (unpaired) electrons. The summed E-state index contributed by atoms with van der Waals surface area (Å²) in [6.07, 6.45) is 4.84. The van der Waals surface area contributed by atoms with Gasteiger partial charge in [0.2, 0.25) is 0 Å². The molecule has 0 unspecified atom stereocenters. The molecule has 8 nitrogen and oxygen atoms in total. The van der Waals surface area contributed by atoms with Crippen molar-refractivity contribution in [1.82, 2.24) is 9.55 Å². The summed E-state index contributed by atoms with van der Waals surface area (Å²) in [5, 5.41) is 11.9. The van der Waals surface area contributed by atoms with Gasteiger partial charge < -0.3 is 14.0 Å². The van der Waals surface area contributed by atoms with Crippen LogP contribution in [0.15, 0.2) is 47.5 Å². The Kier molecular flexibility index (Phi) is 7.71. The normalized spacial score (nSPS) is 10.8. The van der Waals surface area contributed by atoms with Gasteiger partial charge in [-0.25, -0.2) is 4.98 Å². The fourth-order valence-electron chi connectivity index (χ4n) is 3.13. The molecule has 0 amide bonds. The van der Waals surface area contributed by atoms with E-state index in [4.69, 9.17) is 32.7 Å². The van der Waals surface area contributed by atoms with Gasteiger partial charge in [0.05, 0.1) is 18.6 Å². The zero-order valence-corrected chi connectivity index (χ0v) is 19.0. The standard InChI is InChI=1S/C22H21Cl2N3O5/c1-26-13-18(17-10-15(27(29)30)12-25-22(17)24)20(11-21(26)28)32-8-4-3-5-14-9-16(31-2)6-7-19(14)23/h6-7,9-13H,3-5,8H2,1-2H3. The van der Waals surface area contributed by atoms with E-state index in [9.17, 15) is 14.9 Å². The number of hydrogen-bond acceptors (Lipinski definition) is 6. The largest absolute Gasteiger partial charge is 0.497 e. The first-order chi connectivity index (χ1) is 15.3. The molecule has 0 fully saturated rings. The molecule has 0 N–H and O–H groups in total. The first-order valence-corrected chi connectivity index (χ1v) is 10.5. The molecule has 1 aromatic carbocycles. The van der Waals surface area contributed by atoms with Crippen molar-refractivity contribution in [2.45, 2.75) is 19.3 Å². The Labute approximate surface area is 194 Å². The molecule has 3 aromatic rings. The number of aromatic nitrogens is 2. The van der Waals surface area contributed by atoms with E-state index in [1.165, 1.54) is 22.9 Å². The minimum absolute atomic E-state index is 0.0757. The van der Waals surface area contributed by atoms with Gasteiger partial charge >= 0.3 is 0 Å². The molecule has 2 aromatic heterocycles. The number of nitro groups is 1. The van der Waals surface area contributed by atoms with Crippen molar-refractivity contribution in [2.75, 3.05) is 13.7 Å². The van der Waals surface area contributed by atoms with Gasteiger partial charge in [0.15, 0.2) is 0 Å². The van der Waals surface area contributed by atoms with Crippen LogP contribution in [0.25, 0.3) is 11.1 Å². The zero-order chi connectivity index (χ0) is 23.3. The smallest absolute Gasteiger partial charge is 0.288 e. The second-order valence-corrected chi connectivity index (χ2v) is 7.82. The van der Waals surface area contributed by atoms with Crippen molar-refractivity contribution in [2.24, 2.45) is 7.05 Å². The van der Waals surface area contributed by atoms with Crippen LogP contribution in [-0.2, 0) is 13.5 Å². The second-order valence-electron chi connectivity index (χ2n) is 7.05. The molecule has 3 rings (SSSR count). The first-order valence-electron chi connectivity index (χ1n) is 9.76. The highest BCUT2D eigenvalue weighted by Crippen LogP contribution is 2.35. The predicted octanol–water partition coefficient (Wildman–Crippen LogP) is 5.07. The summed E-state index contributed by atoms with van der Waals surface area (Å²) in [5.41, 5.74) is 1.26. The van der Waals surface area contributed by atoms with E-state index in [1.54, 1.807) is 26.3 Å². The van der Waals surface area contributed by atoms with Gasteiger partial charge in [-0.05, 0) is 43.0 Å². The highest BCUT2D eigenvalue weighted by atomic mass is 35.5. The van der Waals surface area contributed by atoms with Crippen LogP contribution in [0.4, 0.5) is 5.69 Å². The fraction of sp³-hybridized carbons (Fsp3) is 0.273. The van der Waals surface area contributed by atoms with Crippen LogP contribution in [-0.4, -0.2) is 28.2 Å². The molecule has 0 bridgehead atoms. The predicted molar refractivity (Wildman–Crippen MR) is 123 cm³/mol. The van der Waals surface area contributed by atoms with E-state index in [0.29, 0.717) is 29.2 Å². The van der Waals surface area contributed by atoms with Gasteiger partial charge in [-0.15, -0.1) is 0 Å². The lowest BCUT2D eigenvalue weighted by Crippen LogP contribution is -2.16. The summed E-state index contributed by atoms with van der Waals surface area (Å²) < 4.78 is 12.4. The Balaban J connectivity index is 1.74. The van der Waals surface area contributed by atoms with Crippen LogP contribution in [0, 0.1) is 10.1 Å². The molecule has 168 valence electrons. The maximum atomic E-state index is 12.2. The lowest BCUT2D eigenvalue weighted by molar-refractivity contribution is -0.385. The van der Waals surface area contributed by atoms with Gasteiger partial charge in [0.1, 0.15) is 22.8 Å². The van der Waals surface area contributed by atoms with Crippen LogP contribution < -0.4 is 15.0 Å². The van der Waals surface area contributed by atoms with Crippen molar-refractivity contribution in [3.63, 3.8) is 0 Å². The van der Waals surface area contributed by atoms with E-state index >= 15 is 0 Å². The highest BCUT2D eigenvalue weighted by Gasteiger charge is 2.17. The summed E-state index contributed by atoms with van der Waals surface area (Å²) in [7, 11) is 3.18. The number of methoxy groups -OCH3 is 1. The summed E-state index contributed by atoms with van der Waals surface area (Å²) in [4.78, 5) is 26.6. The number of hydrogen-bond donors (Lipinski definition) is 0. The van der Waals surface area contributed by atoms with E-state index in [0.717, 1.165) is 30.4 Å². The van der Waals surface area contributed by atoms with Crippen molar-refractivity contribution in [1.29, 1.82) is 0 Å². The summed E-state index contributed by atoms with van der Waals surface area (Å²) in [6, 6.07) is 8.16. The van der Waals surface area contributed by atoms with E-state index in [1.807, 2.05) is 6.07 Å². The minimum atomic E-state index is -0.557. The SMILES string of the molecule is COc1ccc(Cl)c(CCCCOc2cc(=O)n(C)cc2-c2cc([N+](=O)[O-])cnc2Cl)c1. The average molecular weight is 478 g/mol. The van der Waals surface area contributed by atoms with E-state index in [-0.39, 0.29) is 22.1 Å². The molecule has 32 heavy (non-hydrogen) atoms. The third kappa shape index (κ3) is 5.57. The number of nitrogens with zero attached hydrogens (tertiary/aromatic N) is 3. The van der Waals surface area contributed by atoms with Gasteiger partial charge in [-0.1, -0.05) is 23.2 Å². The lowest BCUT2D eigenvalue weighted by Gasteiger charge is -2.14. The minimum Gasteiger partial charge on any atom is -0.497 e. The van der Waals surface area contributed by atoms with Crippen molar-refractivity contribution < 1.29 is 14.4 Å². The Morgan fingerprint density at radius 1 is 1.16 bits per heavy atom. The molecule has 10 heteroatoms. The zero-order valence-electron chi connectivity index (χ0n) is 17.5. The highest BCUT2D eigenvalue weighted by molar-refractivity contribution is 6.32. The van der Waals surface area contributed by atoms with Gasteiger partial charge in [-0.2, -0.15) is 0 Å². The van der Waals surface area contributed by atoms with Crippen molar-refractivity contribution in [3.8, 4) is 22.6 Å². The van der Waals surface area contributed by atoms with Crippen LogP contribution in [0.5, 0.6) is 11.5 Å². The van der Waals surface area contributed by atoms with Gasteiger partial charge in [-0.3, -0.25) is 14.9 Å². The molecule has 0 aliphatic heterocycles. The monoisotopic (exact) mass is 477 g/mol. The quantitative estimate of drug-likeness (QED) is 0.184. The molecular formula is C22H21Cl2N3O5. The Hall–Kier alpha value is -3.10. The van der Waals surface area contributed by atoms with Crippen LogP contribution in [0.2, 0.25) is 10.2 Å². The number of aryl methyl sites for hydroxylation is 2. The third-order valence-corrected chi connectivity index (χ3v) is 5.54. The summed E-state index contributed by atoms with van der Waals surface area (Å²) >= 11 is 12.4. The third-order valence-electron chi connectivity index (χ3n) is 4.87. The molecule has 0 spiro atoms. The fourth-order valence-corrected chi connectivity index (χ4v) is 3.55. The Morgan fingerprint density at radius 2 is 1.94 bits per heavy atom. The van der Waals surface area contributed by atoms with Crippen molar-refractivity contribution in [3.05, 3.63) is 78.9 Å². The number of rotatable bonds is 9. The van der Waals surface area contributed by atoms with Crippen molar-refractivity contribution >= 4 is 28.9 Å². The number of pyridine rings is 2. The van der Waals surface area contributed by atoms with Gasteiger partial charge in [0, 0.05) is 41.5 Å². The molecule has 0 aliphatic carbocycles. The number of halogens is 2. The van der Waals surface area contributed by atoms with Crippen LogP contribution in [0.1, 0.15) is 18.4 Å². The molecule has 0 saturated carbocycles. The van der Waals surface area contributed by atoms with E-state index < -0.39 is 4.92 Å².